The van der Waals surface area contributed by atoms with Crippen LogP contribution in [-0.4, -0.2) is 18.1 Å². The molecule has 2 atom stereocenters. The van der Waals surface area contributed by atoms with Gasteiger partial charge in [0.1, 0.15) is 5.82 Å². The van der Waals surface area contributed by atoms with E-state index in [0.29, 0.717) is 11.8 Å². The van der Waals surface area contributed by atoms with Crippen molar-refractivity contribution in [3.05, 3.63) is 35.9 Å². The molecule has 1 aromatic heterocycles. The SMILES string of the molecule is CC1CC(C)CN(c2cc(C#N)c3ccccc3n2)C1. The van der Waals surface area contributed by atoms with Gasteiger partial charge in [-0.05, 0) is 30.4 Å². The van der Waals surface area contributed by atoms with Gasteiger partial charge < -0.3 is 4.90 Å². The number of hydrogen-bond acceptors (Lipinski definition) is 3. The second kappa shape index (κ2) is 5.13. The molecule has 0 bridgehead atoms. The molecule has 0 aliphatic carbocycles. The fourth-order valence-electron chi connectivity index (χ4n) is 3.27. The molecule has 0 amide bonds. The van der Waals surface area contributed by atoms with Crippen molar-refractivity contribution in [2.24, 2.45) is 11.8 Å². The molecule has 3 nitrogen and oxygen atoms in total. The number of piperidine rings is 1. The summed E-state index contributed by atoms with van der Waals surface area (Å²) in [5.74, 6) is 2.30. The minimum atomic E-state index is 0.678. The lowest BCUT2D eigenvalue weighted by molar-refractivity contribution is 0.355. The molecule has 20 heavy (non-hydrogen) atoms. The smallest absolute Gasteiger partial charge is 0.130 e. The van der Waals surface area contributed by atoms with Gasteiger partial charge in [0.25, 0.3) is 0 Å². The third-order valence-electron chi connectivity index (χ3n) is 4.02. The number of nitrogens with zero attached hydrogens (tertiary/aromatic N) is 3. The Morgan fingerprint density at radius 3 is 2.60 bits per heavy atom. The average Bonchev–Trinajstić information content (AvgIpc) is 2.45. The Hall–Kier alpha value is -2.08. The van der Waals surface area contributed by atoms with E-state index in [0.717, 1.165) is 35.4 Å². The fraction of sp³-hybridized carbons (Fsp3) is 0.412. The van der Waals surface area contributed by atoms with Crippen LogP contribution >= 0.6 is 0 Å². The minimum Gasteiger partial charge on any atom is -0.356 e. The zero-order valence-electron chi connectivity index (χ0n) is 12.0. The standard InChI is InChI=1S/C17H19N3/c1-12-7-13(2)11-20(10-12)17-8-14(9-18)15-5-3-4-6-16(15)19-17/h3-6,8,12-13H,7,10-11H2,1-2H3. The zero-order valence-corrected chi connectivity index (χ0v) is 12.0. The van der Waals surface area contributed by atoms with Gasteiger partial charge in [-0.2, -0.15) is 5.26 Å². The number of nitriles is 1. The summed E-state index contributed by atoms with van der Waals surface area (Å²) < 4.78 is 0. The molecule has 1 fully saturated rings. The lowest BCUT2D eigenvalue weighted by Gasteiger charge is -2.36. The lowest BCUT2D eigenvalue weighted by atomic mass is 9.92. The van der Waals surface area contributed by atoms with E-state index in [9.17, 15) is 5.26 Å². The molecule has 1 saturated heterocycles. The van der Waals surface area contributed by atoms with Crippen molar-refractivity contribution >= 4 is 16.7 Å². The number of benzene rings is 1. The number of para-hydroxylation sites is 1. The highest BCUT2D eigenvalue weighted by Gasteiger charge is 2.23. The van der Waals surface area contributed by atoms with Crippen LogP contribution in [-0.2, 0) is 0 Å². The van der Waals surface area contributed by atoms with E-state index in [1.54, 1.807) is 0 Å². The Labute approximate surface area is 119 Å². The van der Waals surface area contributed by atoms with Gasteiger partial charge in [-0.25, -0.2) is 4.98 Å². The molecule has 0 saturated carbocycles. The van der Waals surface area contributed by atoms with Crippen LogP contribution in [0.5, 0.6) is 0 Å². The van der Waals surface area contributed by atoms with E-state index in [4.69, 9.17) is 4.98 Å². The second-order valence-electron chi connectivity index (χ2n) is 6.01. The molecule has 2 heterocycles. The maximum absolute atomic E-state index is 9.37. The van der Waals surface area contributed by atoms with E-state index in [1.807, 2.05) is 30.3 Å². The maximum atomic E-state index is 9.37. The molecule has 0 radical (unpaired) electrons. The lowest BCUT2D eigenvalue weighted by Crippen LogP contribution is -2.39. The largest absolute Gasteiger partial charge is 0.356 e. The summed E-state index contributed by atoms with van der Waals surface area (Å²) in [6, 6.07) is 12.1. The van der Waals surface area contributed by atoms with E-state index in [1.165, 1.54) is 6.42 Å². The Morgan fingerprint density at radius 1 is 1.20 bits per heavy atom. The van der Waals surface area contributed by atoms with Crippen LogP contribution in [0.3, 0.4) is 0 Å². The number of rotatable bonds is 1. The van der Waals surface area contributed by atoms with E-state index in [2.05, 4.69) is 24.8 Å². The predicted molar refractivity (Wildman–Crippen MR) is 81.6 cm³/mol. The van der Waals surface area contributed by atoms with E-state index < -0.39 is 0 Å². The molecule has 2 unspecified atom stereocenters. The first-order chi connectivity index (χ1) is 9.67. The molecule has 2 aromatic rings. The van der Waals surface area contributed by atoms with Gasteiger partial charge in [0.15, 0.2) is 0 Å². The van der Waals surface area contributed by atoms with Gasteiger partial charge >= 0.3 is 0 Å². The highest BCUT2D eigenvalue weighted by Crippen LogP contribution is 2.28. The Kier molecular flexibility index (Phi) is 3.31. The predicted octanol–water partition coefficient (Wildman–Crippen LogP) is 3.59. The Bertz CT molecular complexity index is 661. The first-order valence-corrected chi connectivity index (χ1v) is 7.22. The van der Waals surface area contributed by atoms with Crippen molar-refractivity contribution in [3.8, 4) is 6.07 Å². The molecule has 1 aliphatic rings. The number of fused-ring (bicyclic) bond motifs is 1. The normalized spacial score (nSPS) is 22.8. The van der Waals surface area contributed by atoms with Crippen molar-refractivity contribution in [1.29, 1.82) is 5.26 Å². The van der Waals surface area contributed by atoms with Crippen LogP contribution in [0.4, 0.5) is 5.82 Å². The topological polar surface area (TPSA) is 39.9 Å². The van der Waals surface area contributed by atoms with Crippen molar-refractivity contribution < 1.29 is 0 Å². The van der Waals surface area contributed by atoms with Crippen molar-refractivity contribution in [1.82, 2.24) is 4.98 Å². The molecule has 1 aliphatic heterocycles. The number of aromatic nitrogens is 1. The third kappa shape index (κ3) is 2.34. The van der Waals surface area contributed by atoms with Crippen molar-refractivity contribution in [2.75, 3.05) is 18.0 Å². The highest BCUT2D eigenvalue weighted by molar-refractivity contribution is 5.86. The highest BCUT2D eigenvalue weighted by atomic mass is 15.2. The zero-order chi connectivity index (χ0) is 14.1. The summed E-state index contributed by atoms with van der Waals surface area (Å²) in [5.41, 5.74) is 1.63. The summed E-state index contributed by atoms with van der Waals surface area (Å²) in [7, 11) is 0. The Balaban J connectivity index is 2.06. The van der Waals surface area contributed by atoms with Gasteiger partial charge in [-0.3, -0.25) is 0 Å². The van der Waals surface area contributed by atoms with Gasteiger partial charge in [-0.1, -0.05) is 32.0 Å². The first-order valence-electron chi connectivity index (χ1n) is 7.22. The fourth-order valence-corrected chi connectivity index (χ4v) is 3.27. The van der Waals surface area contributed by atoms with Gasteiger partial charge in [0, 0.05) is 18.5 Å². The molecule has 0 N–H and O–H groups in total. The van der Waals surface area contributed by atoms with Gasteiger partial charge in [0.05, 0.1) is 17.1 Å². The molecule has 1 aromatic carbocycles. The van der Waals surface area contributed by atoms with Crippen LogP contribution in [0.2, 0.25) is 0 Å². The van der Waals surface area contributed by atoms with Crippen LogP contribution in [0.15, 0.2) is 30.3 Å². The van der Waals surface area contributed by atoms with E-state index in [-0.39, 0.29) is 0 Å². The van der Waals surface area contributed by atoms with E-state index >= 15 is 0 Å². The Morgan fingerprint density at radius 2 is 1.90 bits per heavy atom. The molecular weight excluding hydrogens is 246 g/mol. The maximum Gasteiger partial charge on any atom is 0.130 e. The summed E-state index contributed by atoms with van der Waals surface area (Å²) in [4.78, 5) is 7.08. The summed E-state index contributed by atoms with van der Waals surface area (Å²) in [5, 5.41) is 10.3. The van der Waals surface area contributed by atoms with Crippen molar-refractivity contribution in [3.63, 3.8) is 0 Å². The quantitative estimate of drug-likeness (QED) is 0.791. The summed E-state index contributed by atoms with van der Waals surface area (Å²) >= 11 is 0. The minimum absolute atomic E-state index is 0.678. The van der Waals surface area contributed by atoms with Crippen molar-refractivity contribution in [2.45, 2.75) is 20.3 Å². The molecular formula is C17H19N3. The number of anilines is 1. The summed E-state index contributed by atoms with van der Waals surface area (Å²) in [6.07, 6.45) is 1.27. The molecule has 0 spiro atoms. The third-order valence-corrected chi connectivity index (χ3v) is 4.02. The molecule has 102 valence electrons. The van der Waals surface area contributed by atoms with Crippen LogP contribution in [0, 0.1) is 23.2 Å². The molecule has 3 heteroatoms. The monoisotopic (exact) mass is 265 g/mol. The average molecular weight is 265 g/mol. The number of pyridine rings is 1. The second-order valence-corrected chi connectivity index (χ2v) is 6.01. The first kappa shape index (κ1) is 12.9. The van der Waals surface area contributed by atoms with Gasteiger partial charge in [0.2, 0.25) is 0 Å². The van der Waals surface area contributed by atoms with Crippen LogP contribution in [0.1, 0.15) is 25.8 Å². The van der Waals surface area contributed by atoms with Gasteiger partial charge in [-0.15, -0.1) is 0 Å². The molecule has 3 rings (SSSR count). The number of hydrogen-bond donors (Lipinski definition) is 0. The van der Waals surface area contributed by atoms with Crippen LogP contribution < -0.4 is 4.90 Å². The van der Waals surface area contributed by atoms with Crippen LogP contribution in [0.25, 0.3) is 10.9 Å². The summed E-state index contributed by atoms with van der Waals surface area (Å²) in [6.45, 7) is 6.63.